The van der Waals surface area contributed by atoms with Crippen molar-refractivity contribution in [2.75, 3.05) is 5.32 Å². The van der Waals surface area contributed by atoms with Crippen LogP contribution >= 0.6 is 0 Å². The Bertz CT molecular complexity index is 808. The van der Waals surface area contributed by atoms with Crippen LogP contribution in [0.3, 0.4) is 0 Å². The second-order valence-corrected chi connectivity index (χ2v) is 4.94. The molecular formula is C14H13N5O3. The van der Waals surface area contributed by atoms with E-state index in [1.165, 1.54) is 24.0 Å². The zero-order valence-electron chi connectivity index (χ0n) is 12.0. The van der Waals surface area contributed by atoms with E-state index in [1.54, 1.807) is 25.1 Å². The highest BCUT2D eigenvalue weighted by molar-refractivity contribution is 6.01. The molecule has 0 aliphatic carbocycles. The highest BCUT2D eigenvalue weighted by Crippen LogP contribution is 2.38. The molecule has 1 aliphatic heterocycles. The number of benzene rings is 1. The number of fused-ring (bicyclic) bond motifs is 1. The first-order chi connectivity index (χ1) is 10.5. The molecule has 1 atom stereocenters. The molecule has 22 heavy (non-hydrogen) atoms. The normalized spacial score (nSPS) is 16.9. The molecule has 0 spiro atoms. The van der Waals surface area contributed by atoms with Gasteiger partial charge in [0.25, 0.3) is 5.69 Å². The van der Waals surface area contributed by atoms with Gasteiger partial charge in [-0.15, -0.1) is 0 Å². The van der Waals surface area contributed by atoms with Crippen LogP contribution < -0.4 is 5.32 Å². The number of ketones is 1. The van der Waals surface area contributed by atoms with Crippen molar-refractivity contribution in [3.63, 3.8) is 0 Å². The SMILES string of the molecule is CC(=O)C1=C(C)n2ncnc2NC1c1ccccc1[N+](=O)[O-]. The Hall–Kier alpha value is -3.03. The minimum absolute atomic E-state index is 0.0421. The minimum atomic E-state index is -0.629. The number of carbonyl (C=O) groups excluding carboxylic acids is 1. The topological polar surface area (TPSA) is 103 Å². The number of Topliss-reactive ketones (excluding diaryl/α,β-unsaturated/α-hetero) is 1. The molecule has 0 saturated carbocycles. The van der Waals surface area contributed by atoms with Gasteiger partial charge in [-0.2, -0.15) is 10.1 Å². The van der Waals surface area contributed by atoms with Crippen LogP contribution in [-0.2, 0) is 4.79 Å². The van der Waals surface area contributed by atoms with Crippen molar-refractivity contribution in [2.45, 2.75) is 19.9 Å². The first-order valence-corrected chi connectivity index (χ1v) is 6.62. The zero-order valence-corrected chi connectivity index (χ0v) is 12.0. The summed E-state index contributed by atoms with van der Waals surface area (Å²) in [5.41, 5.74) is 1.43. The summed E-state index contributed by atoms with van der Waals surface area (Å²) in [6.45, 7) is 3.18. The van der Waals surface area contributed by atoms with Crippen LogP contribution in [0.5, 0.6) is 0 Å². The zero-order chi connectivity index (χ0) is 15.9. The third kappa shape index (κ3) is 2.05. The number of aromatic nitrogens is 3. The molecule has 112 valence electrons. The van der Waals surface area contributed by atoms with Crippen molar-refractivity contribution < 1.29 is 9.72 Å². The number of hydrogen-bond donors (Lipinski definition) is 1. The highest BCUT2D eigenvalue weighted by atomic mass is 16.6. The number of carbonyl (C=O) groups is 1. The van der Waals surface area contributed by atoms with Gasteiger partial charge in [0.05, 0.1) is 22.2 Å². The van der Waals surface area contributed by atoms with Gasteiger partial charge in [0.1, 0.15) is 6.33 Å². The second kappa shape index (κ2) is 5.06. The fraction of sp³-hybridized carbons (Fsp3) is 0.214. The number of rotatable bonds is 3. The number of para-hydroxylation sites is 1. The van der Waals surface area contributed by atoms with Crippen LogP contribution in [0.15, 0.2) is 36.2 Å². The highest BCUT2D eigenvalue weighted by Gasteiger charge is 2.33. The minimum Gasteiger partial charge on any atom is -0.343 e. The molecular weight excluding hydrogens is 286 g/mol. The van der Waals surface area contributed by atoms with Crippen LogP contribution in [0.4, 0.5) is 11.6 Å². The summed E-state index contributed by atoms with van der Waals surface area (Å²) < 4.78 is 1.52. The largest absolute Gasteiger partial charge is 0.343 e. The first-order valence-electron chi connectivity index (χ1n) is 6.62. The third-order valence-electron chi connectivity index (χ3n) is 3.64. The third-order valence-corrected chi connectivity index (χ3v) is 3.64. The molecule has 2 aromatic rings. The molecule has 0 bridgehead atoms. The molecule has 1 aromatic carbocycles. The molecule has 0 fully saturated rings. The van der Waals surface area contributed by atoms with Crippen molar-refractivity contribution in [3.8, 4) is 0 Å². The van der Waals surface area contributed by atoms with E-state index < -0.39 is 11.0 Å². The molecule has 0 amide bonds. The maximum atomic E-state index is 12.1. The lowest BCUT2D eigenvalue weighted by Crippen LogP contribution is -2.27. The second-order valence-electron chi connectivity index (χ2n) is 4.94. The number of anilines is 1. The fourth-order valence-corrected chi connectivity index (χ4v) is 2.70. The smallest absolute Gasteiger partial charge is 0.275 e. The van der Waals surface area contributed by atoms with Gasteiger partial charge < -0.3 is 5.32 Å². The predicted molar refractivity (Wildman–Crippen MR) is 79.1 cm³/mol. The Kier molecular flexibility index (Phi) is 3.21. The Labute approximate surface area is 125 Å². The number of hydrogen-bond acceptors (Lipinski definition) is 6. The summed E-state index contributed by atoms with van der Waals surface area (Å²) in [5, 5.41) is 18.4. The molecule has 1 N–H and O–H groups in total. The van der Waals surface area contributed by atoms with E-state index >= 15 is 0 Å². The van der Waals surface area contributed by atoms with Gasteiger partial charge in [-0.05, 0) is 19.9 Å². The van der Waals surface area contributed by atoms with E-state index in [9.17, 15) is 14.9 Å². The summed E-state index contributed by atoms with van der Waals surface area (Å²) in [7, 11) is 0. The lowest BCUT2D eigenvalue weighted by atomic mass is 9.92. The molecule has 0 radical (unpaired) electrons. The van der Waals surface area contributed by atoms with E-state index in [4.69, 9.17) is 0 Å². The Morgan fingerprint density at radius 1 is 1.41 bits per heavy atom. The average molecular weight is 299 g/mol. The first kappa shape index (κ1) is 13.9. The average Bonchev–Trinajstić information content (AvgIpc) is 2.95. The molecule has 8 heteroatoms. The molecule has 1 unspecified atom stereocenters. The van der Waals surface area contributed by atoms with Crippen LogP contribution in [0, 0.1) is 10.1 Å². The maximum Gasteiger partial charge on any atom is 0.275 e. The van der Waals surface area contributed by atoms with Crippen molar-refractivity contribution in [3.05, 3.63) is 51.8 Å². The Morgan fingerprint density at radius 3 is 2.82 bits per heavy atom. The number of allylic oxidation sites excluding steroid dienone is 1. The monoisotopic (exact) mass is 299 g/mol. The summed E-state index contributed by atoms with van der Waals surface area (Å²) in [5.74, 6) is 0.278. The van der Waals surface area contributed by atoms with Gasteiger partial charge in [0.2, 0.25) is 5.95 Å². The van der Waals surface area contributed by atoms with Crippen molar-refractivity contribution >= 4 is 23.1 Å². The van der Waals surface area contributed by atoms with E-state index in [0.717, 1.165) is 0 Å². The van der Waals surface area contributed by atoms with E-state index in [2.05, 4.69) is 15.4 Å². The van der Waals surface area contributed by atoms with Gasteiger partial charge in [0.15, 0.2) is 5.78 Å². The molecule has 0 saturated heterocycles. The number of nitro benzene ring substituents is 1. The quantitative estimate of drug-likeness (QED) is 0.688. The molecule has 2 heterocycles. The van der Waals surface area contributed by atoms with Crippen molar-refractivity contribution in [1.82, 2.24) is 14.8 Å². The Morgan fingerprint density at radius 2 is 2.14 bits per heavy atom. The Balaban J connectivity index is 2.21. The molecule has 3 rings (SSSR count). The molecule has 8 nitrogen and oxygen atoms in total. The lowest BCUT2D eigenvalue weighted by Gasteiger charge is -2.27. The van der Waals surface area contributed by atoms with Gasteiger partial charge >= 0.3 is 0 Å². The lowest BCUT2D eigenvalue weighted by molar-refractivity contribution is -0.385. The summed E-state index contributed by atoms with van der Waals surface area (Å²) in [6, 6.07) is 5.73. The van der Waals surface area contributed by atoms with Gasteiger partial charge in [0, 0.05) is 11.6 Å². The van der Waals surface area contributed by atoms with Gasteiger partial charge in [-0.25, -0.2) is 4.68 Å². The van der Waals surface area contributed by atoms with Gasteiger partial charge in [-0.3, -0.25) is 14.9 Å². The molecule has 1 aliphatic rings. The van der Waals surface area contributed by atoms with E-state index in [0.29, 0.717) is 22.8 Å². The van der Waals surface area contributed by atoms with E-state index in [-0.39, 0.29) is 11.5 Å². The standard InChI is InChI=1S/C14H13N5O3/c1-8-12(9(2)20)13(17-14-15-7-16-18(8)14)10-5-3-4-6-11(10)19(21)22/h3-7,13H,1-2H3,(H,15,16,17). The summed E-state index contributed by atoms with van der Waals surface area (Å²) in [6.07, 6.45) is 1.37. The van der Waals surface area contributed by atoms with E-state index in [1.807, 2.05) is 0 Å². The molecule has 1 aromatic heterocycles. The number of nitrogens with one attached hydrogen (secondary N) is 1. The maximum absolute atomic E-state index is 12.1. The van der Waals surface area contributed by atoms with Crippen molar-refractivity contribution in [2.24, 2.45) is 0 Å². The van der Waals surface area contributed by atoms with Crippen molar-refractivity contribution in [1.29, 1.82) is 0 Å². The van der Waals surface area contributed by atoms with Crippen LogP contribution in [0.2, 0.25) is 0 Å². The summed E-state index contributed by atoms with van der Waals surface area (Å²) in [4.78, 5) is 27.0. The number of nitrogens with zero attached hydrogens (tertiary/aromatic N) is 4. The predicted octanol–water partition coefficient (Wildman–Crippen LogP) is 2.17. The van der Waals surface area contributed by atoms with Crippen LogP contribution in [0.25, 0.3) is 5.70 Å². The number of nitro groups is 1. The van der Waals surface area contributed by atoms with Gasteiger partial charge in [-0.1, -0.05) is 12.1 Å². The summed E-state index contributed by atoms with van der Waals surface area (Å²) >= 11 is 0. The fourth-order valence-electron chi connectivity index (χ4n) is 2.70. The van der Waals surface area contributed by atoms with Crippen LogP contribution in [0.1, 0.15) is 25.5 Å². The van der Waals surface area contributed by atoms with Crippen LogP contribution in [-0.4, -0.2) is 25.5 Å².